The van der Waals surface area contributed by atoms with E-state index in [1.807, 2.05) is 0 Å². The molecule has 2 rings (SSSR count). The standard InChI is InChI=1S/C9H11BrN2O2S/c10-6-1-3-7(4-2-6)15(13,14)12-9-5-8(9)11/h1-4,8-9,12H,5,11H2. The molecule has 1 fully saturated rings. The van der Waals surface area contributed by atoms with Crippen molar-refractivity contribution in [3.8, 4) is 0 Å². The van der Waals surface area contributed by atoms with Crippen LogP contribution in [0.3, 0.4) is 0 Å². The summed E-state index contributed by atoms with van der Waals surface area (Å²) in [6.07, 6.45) is 0.718. The second-order valence-corrected chi connectivity index (χ2v) is 6.21. The quantitative estimate of drug-likeness (QED) is 0.866. The highest BCUT2D eigenvalue weighted by Gasteiger charge is 2.37. The zero-order chi connectivity index (χ0) is 11.1. The summed E-state index contributed by atoms with van der Waals surface area (Å²) in [5, 5.41) is 0. The Hall–Kier alpha value is -0.430. The van der Waals surface area contributed by atoms with Crippen LogP contribution >= 0.6 is 15.9 Å². The Bertz CT molecular complexity index is 458. The van der Waals surface area contributed by atoms with Crippen LogP contribution in [0.1, 0.15) is 6.42 Å². The first-order valence-corrected chi connectivity index (χ1v) is 6.80. The molecule has 0 aromatic heterocycles. The van der Waals surface area contributed by atoms with Crippen molar-refractivity contribution < 1.29 is 8.42 Å². The van der Waals surface area contributed by atoms with Crippen molar-refractivity contribution >= 4 is 26.0 Å². The average Bonchev–Trinajstić information content (AvgIpc) is 2.81. The van der Waals surface area contributed by atoms with Gasteiger partial charge in [0.25, 0.3) is 0 Å². The van der Waals surface area contributed by atoms with Crippen molar-refractivity contribution in [3.05, 3.63) is 28.7 Å². The number of nitrogens with one attached hydrogen (secondary N) is 1. The Labute approximate surface area is 97.0 Å². The fourth-order valence-corrected chi connectivity index (χ4v) is 2.80. The molecule has 0 heterocycles. The Kier molecular flexibility index (Phi) is 2.85. The van der Waals surface area contributed by atoms with Gasteiger partial charge in [-0.2, -0.15) is 0 Å². The smallest absolute Gasteiger partial charge is 0.240 e. The van der Waals surface area contributed by atoms with Crippen LogP contribution in [-0.4, -0.2) is 20.5 Å². The first kappa shape index (κ1) is 11.1. The number of nitrogens with two attached hydrogens (primary N) is 1. The lowest BCUT2D eigenvalue weighted by molar-refractivity contribution is 0.580. The van der Waals surface area contributed by atoms with Crippen LogP contribution in [0.4, 0.5) is 0 Å². The van der Waals surface area contributed by atoms with Gasteiger partial charge in [0.2, 0.25) is 10.0 Å². The van der Waals surface area contributed by atoms with Gasteiger partial charge in [0.1, 0.15) is 0 Å². The maximum Gasteiger partial charge on any atom is 0.240 e. The second-order valence-electron chi connectivity index (χ2n) is 3.58. The molecule has 0 aliphatic heterocycles. The van der Waals surface area contributed by atoms with E-state index < -0.39 is 10.0 Å². The van der Waals surface area contributed by atoms with Gasteiger partial charge in [-0.1, -0.05) is 15.9 Å². The van der Waals surface area contributed by atoms with Crippen molar-refractivity contribution in [2.75, 3.05) is 0 Å². The van der Waals surface area contributed by atoms with Gasteiger partial charge in [0, 0.05) is 16.6 Å². The summed E-state index contributed by atoms with van der Waals surface area (Å²) < 4.78 is 26.9. The van der Waals surface area contributed by atoms with E-state index in [0.717, 1.165) is 10.9 Å². The van der Waals surface area contributed by atoms with Gasteiger partial charge in [-0.15, -0.1) is 0 Å². The molecule has 0 radical (unpaired) electrons. The van der Waals surface area contributed by atoms with Crippen molar-refractivity contribution in [2.45, 2.75) is 23.4 Å². The van der Waals surface area contributed by atoms with Gasteiger partial charge >= 0.3 is 0 Å². The summed E-state index contributed by atoms with van der Waals surface area (Å²) in [5.41, 5.74) is 5.54. The molecule has 82 valence electrons. The lowest BCUT2D eigenvalue weighted by atomic mass is 10.4. The molecular weight excluding hydrogens is 280 g/mol. The monoisotopic (exact) mass is 290 g/mol. The molecule has 1 aromatic carbocycles. The molecule has 1 aliphatic carbocycles. The van der Waals surface area contributed by atoms with Crippen molar-refractivity contribution in [1.82, 2.24) is 4.72 Å². The van der Waals surface area contributed by atoms with Crippen LogP contribution < -0.4 is 10.5 Å². The minimum absolute atomic E-state index is 0.0322. The number of hydrogen-bond acceptors (Lipinski definition) is 3. The highest BCUT2D eigenvalue weighted by atomic mass is 79.9. The Morgan fingerprint density at radius 3 is 2.33 bits per heavy atom. The van der Waals surface area contributed by atoms with E-state index in [9.17, 15) is 8.42 Å². The van der Waals surface area contributed by atoms with E-state index in [2.05, 4.69) is 20.7 Å². The van der Waals surface area contributed by atoms with Gasteiger partial charge < -0.3 is 5.73 Å². The predicted molar refractivity (Wildman–Crippen MR) is 60.8 cm³/mol. The van der Waals surface area contributed by atoms with Gasteiger partial charge in [-0.05, 0) is 30.7 Å². The lowest BCUT2D eigenvalue weighted by Crippen LogP contribution is -2.29. The maximum atomic E-state index is 11.8. The van der Waals surface area contributed by atoms with Gasteiger partial charge in [-0.3, -0.25) is 0 Å². The van der Waals surface area contributed by atoms with Crippen molar-refractivity contribution in [3.63, 3.8) is 0 Å². The third-order valence-corrected chi connectivity index (χ3v) is 4.30. The molecule has 0 spiro atoms. The number of rotatable bonds is 3. The Morgan fingerprint density at radius 2 is 1.87 bits per heavy atom. The molecule has 3 N–H and O–H groups in total. The molecule has 1 aliphatic rings. The topological polar surface area (TPSA) is 72.2 Å². The van der Waals surface area contributed by atoms with Crippen molar-refractivity contribution in [2.24, 2.45) is 5.73 Å². The Balaban J connectivity index is 2.18. The summed E-state index contributed by atoms with van der Waals surface area (Å²) in [4.78, 5) is 0.268. The molecule has 15 heavy (non-hydrogen) atoms. The van der Waals surface area contributed by atoms with Crippen LogP contribution in [0, 0.1) is 0 Å². The van der Waals surface area contributed by atoms with Crippen molar-refractivity contribution in [1.29, 1.82) is 0 Å². The molecule has 6 heteroatoms. The van der Waals surface area contributed by atoms with Crippen LogP contribution in [-0.2, 0) is 10.0 Å². The summed E-state index contributed by atoms with van der Waals surface area (Å²) in [7, 11) is -3.40. The maximum absolute atomic E-state index is 11.8. The predicted octanol–water partition coefficient (Wildman–Crippen LogP) is 0.827. The number of benzene rings is 1. The van der Waals surface area contributed by atoms with E-state index in [0.29, 0.717) is 0 Å². The summed E-state index contributed by atoms with van der Waals surface area (Å²) in [6.45, 7) is 0. The van der Waals surface area contributed by atoms with Crippen LogP contribution in [0.15, 0.2) is 33.6 Å². The largest absolute Gasteiger partial charge is 0.326 e. The SMILES string of the molecule is NC1CC1NS(=O)(=O)c1ccc(Br)cc1. The van der Waals surface area contributed by atoms with Gasteiger partial charge in [0.05, 0.1) is 4.90 Å². The zero-order valence-corrected chi connectivity index (χ0v) is 10.3. The summed E-state index contributed by atoms with van der Waals surface area (Å²) >= 11 is 3.25. The van der Waals surface area contributed by atoms with E-state index in [1.165, 1.54) is 0 Å². The summed E-state index contributed by atoms with van der Waals surface area (Å²) in [6, 6.07) is 6.37. The van der Waals surface area contributed by atoms with Gasteiger partial charge in [0.15, 0.2) is 0 Å². The number of sulfonamides is 1. The second kappa shape index (κ2) is 3.86. The minimum atomic E-state index is -3.40. The molecule has 1 saturated carbocycles. The zero-order valence-electron chi connectivity index (χ0n) is 7.85. The van der Waals surface area contributed by atoms with E-state index in [1.54, 1.807) is 24.3 Å². The third-order valence-electron chi connectivity index (χ3n) is 2.27. The molecule has 0 bridgehead atoms. The van der Waals surface area contributed by atoms with Crippen LogP contribution in [0.25, 0.3) is 0 Å². The first-order chi connectivity index (χ1) is 6.99. The molecular formula is C9H11BrN2O2S. The highest BCUT2D eigenvalue weighted by Crippen LogP contribution is 2.22. The fraction of sp³-hybridized carbons (Fsp3) is 0.333. The first-order valence-electron chi connectivity index (χ1n) is 4.52. The van der Waals surface area contributed by atoms with Gasteiger partial charge in [-0.25, -0.2) is 13.1 Å². The fourth-order valence-electron chi connectivity index (χ4n) is 1.23. The lowest BCUT2D eigenvalue weighted by Gasteiger charge is -2.05. The average molecular weight is 291 g/mol. The minimum Gasteiger partial charge on any atom is -0.326 e. The molecule has 0 saturated heterocycles. The van der Waals surface area contributed by atoms with Crippen LogP contribution in [0.2, 0.25) is 0 Å². The van der Waals surface area contributed by atoms with E-state index in [-0.39, 0.29) is 17.0 Å². The highest BCUT2D eigenvalue weighted by molar-refractivity contribution is 9.10. The molecule has 0 amide bonds. The number of halogens is 1. The molecule has 4 nitrogen and oxygen atoms in total. The molecule has 2 atom stereocenters. The Morgan fingerprint density at radius 1 is 1.33 bits per heavy atom. The van der Waals surface area contributed by atoms with E-state index >= 15 is 0 Å². The normalized spacial score (nSPS) is 25.2. The van der Waals surface area contributed by atoms with Crippen LogP contribution in [0.5, 0.6) is 0 Å². The molecule has 2 unspecified atom stereocenters. The summed E-state index contributed by atoms with van der Waals surface area (Å²) in [5.74, 6) is 0. The van der Waals surface area contributed by atoms with E-state index in [4.69, 9.17) is 5.73 Å². The third kappa shape index (κ3) is 2.57. The molecule has 1 aromatic rings. The number of hydrogen-bond donors (Lipinski definition) is 2.